The van der Waals surface area contributed by atoms with Crippen molar-refractivity contribution in [1.82, 2.24) is 10.2 Å². The number of nitrogens with one attached hydrogen (secondary N) is 1. The van der Waals surface area contributed by atoms with Crippen molar-refractivity contribution in [2.24, 2.45) is 10.9 Å². The molecule has 128 valence electrons. The van der Waals surface area contributed by atoms with Crippen LogP contribution in [0.4, 0.5) is 0 Å². The minimum Gasteiger partial charge on any atom is -0.379 e. The van der Waals surface area contributed by atoms with Gasteiger partial charge in [-0.3, -0.25) is 4.99 Å². The molecule has 0 aliphatic carbocycles. The Hall–Kier alpha value is -0.340. The van der Waals surface area contributed by atoms with Crippen molar-refractivity contribution in [1.29, 1.82) is 0 Å². The van der Waals surface area contributed by atoms with E-state index in [1.165, 1.54) is 4.88 Å². The molecule has 0 saturated heterocycles. The van der Waals surface area contributed by atoms with E-state index in [-0.39, 0.29) is 24.0 Å². The molecule has 0 spiro atoms. The van der Waals surface area contributed by atoms with Crippen molar-refractivity contribution < 1.29 is 4.74 Å². The second kappa shape index (κ2) is 13.1. The summed E-state index contributed by atoms with van der Waals surface area (Å²) < 4.78 is 5.57. The standard InChI is InChI=1S/C16H29N3OS.HI/c1-5-17-16(18-9-11-20-13-14(2)3)19(4)10-8-15-7-6-12-21-15;/h6-7,12,14H,5,8-11,13H2,1-4H3,(H,17,18);1H. The first-order chi connectivity index (χ1) is 10.1. The normalized spacial score (nSPS) is 11.4. The average molecular weight is 439 g/mol. The fraction of sp³-hybridized carbons (Fsp3) is 0.688. The second-order valence-electron chi connectivity index (χ2n) is 5.46. The maximum Gasteiger partial charge on any atom is 0.193 e. The van der Waals surface area contributed by atoms with Crippen molar-refractivity contribution in [2.45, 2.75) is 27.2 Å². The van der Waals surface area contributed by atoms with Gasteiger partial charge in [-0.2, -0.15) is 0 Å². The van der Waals surface area contributed by atoms with Crippen molar-refractivity contribution >= 4 is 41.3 Å². The summed E-state index contributed by atoms with van der Waals surface area (Å²) in [4.78, 5) is 8.22. The number of rotatable bonds is 9. The zero-order valence-corrected chi connectivity index (χ0v) is 17.3. The molecule has 1 aromatic heterocycles. The number of hydrogen-bond acceptors (Lipinski definition) is 3. The van der Waals surface area contributed by atoms with Crippen molar-refractivity contribution in [3.05, 3.63) is 22.4 Å². The van der Waals surface area contributed by atoms with E-state index in [0.717, 1.165) is 32.1 Å². The molecule has 0 saturated carbocycles. The third kappa shape index (κ3) is 9.63. The maximum absolute atomic E-state index is 5.57. The Morgan fingerprint density at radius 2 is 2.23 bits per heavy atom. The molecule has 22 heavy (non-hydrogen) atoms. The SMILES string of the molecule is CCNC(=NCCOCC(C)C)N(C)CCc1cccs1.I. The predicted octanol–water partition coefficient (Wildman–Crippen LogP) is 3.48. The molecule has 0 atom stereocenters. The van der Waals surface area contributed by atoms with Crippen LogP contribution < -0.4 is 5.32 Å². The third-order valence-electron chi connectivity index (χ3n) is 2.92. The number of halogens is 1. The van der Waals surface area contributed by atoms with Crippen molar-refractivity contribution in [3.8, 4) is 0 Å². The molecular weight excluding hydrogens is 409 g/mol. The number of aliphatic imine (C=N–C) groups is 1. The number of likely N-dealkylation sites (N-methyl/N-ethyl adjacent to an activating group) is 1. The minimum absolute atomic E-state index is 0. The van der Waals surface area contributed by atoms with Gasteiger partial charge in [0.2, 0.25) is 0 Å². The van der Waals surface area contributed by atoms with Gasteiger partial charge < -0.3 is 15.0 Å². The maximum atomic E-state index is 5.57. The van der Waals surface area contributed by atoms with Gasteiger partial charge in [0.25, 0.3) is 0 Å². The number of nitrogens with zero attached hydrogens (tertiary/aromatic N) is 2. The van der Waals surface area contributed by atoms with Gasteiger partial charge in [-0.15, -0.1) is 35.3 Å². The lowest BCUT2D eigenvalue weighted by Crippen LogP contribution is -2.40. The van der Waals surface area contributed by atoms with E-state index < -0.39 is 0 Å². The third-order valence-corrected chi connectivity index (χ3v) is 3.85. The van der Waals surface area contributed by atoms with E-state index in [4.69, 9.17) is 4.74 Å². The summed E-state index contributed by atoms with van der Waals surface area (Å²) >= 11 is 1.81. The lowest BCUT2D eigenvalue weighted by atomic mass is 10.2. The van der Waals surface area contributed by atoms with Crippen LogP contribution >= 0.6 is 35.3 Å². The summed E-state index contributed by atoms with van der Waals surface area (Å²) in [6.45, 7) is 10.5. The molecule has 0 bridgehead atoms. The molecule has 1 N–H and O–H groups in total. The highest BCUT2D eigenvalue weighted by Gasteiger charge is 2.06. The molecular formula is C16H30IN3OS. The van der Waals surface area contributed by atoms with Gasteiger partial charge in [0.05, 0.1) is 13.2 Å². The van der Waals surface area contributed by atoms with Crippen LogP contribution in [0.15, 0.2) is 22.5 Å². The highest BCUT2D eigenvalue weighted by Crippen LogP contribution is 2.09. The minimum atomic E-state index is 0. The van der Waals surface area contributed by atoms with Gasteiger partial charge >= 0.3 is 0 Å². The molecule has 0 unspecified atom stereocenters. The van der Waals surface area contributed by atoms with Crippen LogP contribution in [0.3, 0.4) is 0 Å². The van der Waals surface area contributed by atoms with Crippen LogP contribution in [0.5, 0.6) is 0 Å². The number of thiophene rings is 1. The van der Waals surface area contributed by atoms with Gasteiger partial charge in [0.15, 0.2) is 5.96 Å². The lowest BCUT2D eigenvalue weighted by molar-refractivity contribution is 0.116. The summed E-state index contributed by atoms with van der Waals surface area (Å²) in [6.07, 6.45) is 1.06. The summed E-state index contributed by atoms with van der Waals surface area (Å²) in [5, 5.41) is 5.46. The molecule has 0 fully saturated rings. The molecule has 0 aliphatic heterocycles. The molecule has 0 aliphatic rings. The number of hydrogen-bond donors (Lipinski definition) is 1. The molecule has 1 heterocycles. The molecule has 1 rings (SSSR count). The molecule has 0 amide bonds. The quantitative estimate of drug-likeness (QED) is 0.277. The van der Waals surface area contributed by atoms with E-state index in [9.17, 15) is 0 Å². The first kappa shape index (κ1) is 21.7. The van der Waals surface area contributed by atoms with Gasteiger partial charge in [-0.25, -0.2) is 0 Å². The Morgan fingerprint density at radius 1 is 1.45 bits per heavy atom. The zero-order valence-electron chi connectivity index (χ0n) is 14.2. The number of ether oxygens (including phenoxy) is 1. The van der Waals surface area contributed by atoms with Crippen LogP contribution in [0.1, 0.15) is 25.6 Å². The van der Waals surface area contributed by atoms with Gasteiger partial charge in [0, 0.05) is 31.6 Å². The predicted molar refractivity (Wildman–Crippen MR) is 108 cm³/mol. The monoisotopic (exact) mass is 439 g/mol. The molecule has 1 aromatic rings. The summed E-state index contributed by atoms with van der Waals surface area (Å²) in [5.41, 5.74) is 0. The van der Waals surface area contributed by atoms with Gasteiger partial charge in [-0.1, -0.05) is 19.9 Å². The highest BCUT2D eigenvalue weighted by molar-refractivity contribution is 14.0. The smallest absolute Gasteiger partial charge is 0.193 e. The highest BCUT2D eigenvalue weighted by atomic mass is 127. The lowest BCUT2D eigenvalue weighted by Gasteiger charge is -2.21. The van der Waals surface area contributed by atoms with Crippen LogP contribution in [0, 0.1) is 5.92 Å². The van der Waals surface area contributed by atoms with Crippen LogP contribution in [0.25, 0.3) is 0 Å². The van der Waals surface area contributed by atoms with E-state index in [1.807, 2.05) is 11.3 Å². The molecule has 0 aromatic carbocycles. The zero-order chi connectivity index (χ0) is 15.5. The Morgan fingerprint density at radius 3 is 2.82 bits per heavy atom. The fourth-order valence-electron chi connectivity index (χ4n) is 1.84. The largest absolute Gasteiger partial charge is 0.379 e. The summed E-state index contributed by atoms with van der Waals surface area (Å²) in [5.74, 6) is 1.54. The van der Waals surface area contributed by atoms with E-state index in [1.54, 1.807) is 0 Å². The van der Waals surface area contributed by atoms with E-state index in [2.05, 4.69) is 60.5 Å². The molecule has 4 nitrogen and oxygen atoms in total. The second-order valence-corrected chi connectivity index (χ2v) is 6.49. The first-order valence-corrected chi connectivity index (χ1v) is 8.61. The number of guanidine groups is 1. The Bertz CT molecular complexity index is 396. The van der Waals surface area contributed by atoms with Crippen LogP contribution in [-0.4, -0.2) is 50.8 Å². The topological polar surface area (TPSA) is 36.9 Å². The van der Waals surface area contributed by atoms with Gasteiger partial charge in [-0.05, 0) is 30.7 Å². The Labute approximate surface area is 156 Å². The molecule has 6 heteroatoms. The van der Waals surface area contributed by atoms with Gasteiger partial charge in [0.1, 0.15) is 0 Å². The summed E-state index contributed by atoms with van der Waals surface area (Å²) in [6, 6.07) is 4.29. The Balaban J connectivity index is 0.00000441. The Kier molecular flexibility index (Phi) is 12.9. The van der Waals surface area contributed by atoms with Crippen molar-refractivity contribution in [2.75, 3.05) is 39.9 Å². The van der Waals surface area contributed by atoms with Crippen molar-refractivity contribution in [3.63, 3.8) is 0 Å². The van der Waals surface area contributed by atoms with E-state index in [0.29, 0.717) is 19.1 Å². The van der Waals surface area contributed by atoms with E-state index >= 15 is 0 Å². The fourth-order valence-corrected chi connectivity index (χ4v) is 2.54. The summed E-state index contributed by atoms with van der Waals surface area (Å²) in [7, 11) is 2.09. The first-order valence-electron chi connectivity index (χ1n) is 7.73. The molecule has 0 radical (unpaired) electrons. The van der Waals surface area contributed by atoms with Crippen LogP contribution in [-0.2, 0) is 11.2 Å². The van der Waals surface area contributed by atoms with Crippen LogP contribution in [0.2, 0.25) is 0 Å². The average Bonchev–Trinajstić information content (AvgIpc) is 2.96.